The van der Waals surface area contributed by atoms with Crippen LogP contribution in [0.25, 0.3) is 0 Å². The fraction of sp³-hybridized carbons (Fsp3) is 0.111. The first kappa shape index (κ1) is 13.1. The Labute approximate surface area is 114 Å². The molecule has 0 bridgehead atoms. The molecule has 1 aromatic rings. The summed E-state index contributed by atoms with van der Waals surface area (Å²) in [5, 5.41) is 0. The van der Waals surface area contributed by atoms with E-state index in [-0.39, 0.29) is 32.7 Å². The van der Waals surface area contributed by atoms with E-state index >= 15 is 0 Å². The molecule has 2 rings (SSSR count). The Morgan fingerprint density at radius 3 is 2.53 bits per heavy atom. The van der Waals surface area contributed by atoms with Gasteiger partial charge in [-0.3, -0.25) is 4.18 Å². The first-order chi connectivity index (χ1) is 6.58. The van der Waals surface area contributed by atoms with Crippen LogP contribution in [0.2, 0.25) is 0 Å². The Morgan fingerprint density at radius 1 is 1.33 bits per heavy atom. The minimum atomic E-state index is -3.84. The molecule has 6 heteroatoms. The second kappa shape index (κ2) is 4.93. The Morgan fingerprint density at radius 2 is 2.00 bits per heavy atom. The molecule has 1 aromatic carbocycles. The third kappa shape index (κ3) is 3.01. The van der Waals surface area contributed by atoms with Crippen LogP contribution in [0.15, 0.2) is 24.3 Å². The quantitative estimate of drug-likeness (QED) is 0.735. The maximum atomic E-state index is 10.8. The molecule has 1 heterocycles. The summed E-state index contributed by atoms with van der Waals surface area (Å²) in [6.45, 7) is 4.90. The fourth-order valence-corrected chi connectivity index (χ4v) is 1.91. The van der Waals surface area contributed by atoms with Crippen LogP contribution in [0.5, 0.6) is 0 Å². The summed E-state index contributed by atoms with van der Waals surface area (Å²) in [5.74, 6) is 0. The van der Waals surface area contributed by atoms with E-state index in [2.05, 4.69) is 15.3 Å². The van der Waals surface area contributed by atoms with Crippen LogP contribution in [-0.4, -0.2) is 8.42 Å². The first-order valence-electron chi connectivity index (χ1n) is 3.94. The number of benzene rings is 1. The van der Waals surface area contributed by atoms with Gasteiger partial charge < -0.3 is 4.18 Å². The molecule has 0 saturated carbocycles. The summed E-state index contributed by atoms with van der Waals surface area (Å²) in [5.41, 5.74) is 1.41. The summed E-state index contributed by atoms with van der Waals surface area (Å²) < 4.78 is 30.7. The third-order valence-corrected chi connectivity index (χ3v) is 2.67. The molecule has 1 fully saturated rings. The molecule has 0 spiro atoms. The molecular formula is C9H8O4SY-2. The van der Waals surface area contributed by atoms with E-state index < -0.39 is 16.5 Å². The standard InChI is InChI=1S/C9H8O4S.Y/c1-7-4-2-3-5-8(7)9-6-12-14(10,11)13-9;/h2-6,9H,1H2;/q-2;/t9-;/m0./s1. The van der Waals surface area contributed by atoms with Gasteiger partial charge in [-0.15, -0.1) is 17.7 Å². The van der Waals surface area contributed by atoms with Crippen LogP contribution in [0.1, 0.15) is 17.2 Å². The molecule has 79 valence electrons. The largest absolute Gasteiger partial charge is 0.423 e. The molecule has 0 amide bonds. The van der Waals surface area contributed by atoms with Crippen molar-refractivity contribution in [1.82, 2.24) is 0 Å². The van der Waals surface area contributed by atoms with Crippen LogP contribution in [0.3, 0.4) is 0 Å². The number of hydrogen-bond donors (Lipinski definition) is 0. The van der Waals surface area contributed by atoms with E-state index in [1.54, 1.807) is 18.2 Å². The van der Waals surface area contributed by atoms with Gasteiger partial charge in [0.1, 0.15) is 0 Å². The van der Waals surface area contributed by atoms with Gasteiger partial charge in [0.05, 0.1) is 0 Å². The van der Waals surface area contributed by atoms with Crippen LogP contribution < -0.4 is 0 Å². The molecule has 0 aromatic heterocycles. The third-order valence-electron chi connectivity index (χ3n) is 1.88. The topological polar surface area (TPSA) is 52.6 Å². The second-order valence-corrected chi connectivity index (χ2v) is 4.06. The number of hydrogen-bond acceptors (Lipinski definition) is 4. The van der Waals surface area contributed by atoms with Gasteiger partial charge >= 0.3 is 10.4 Å². The van der Waals surface area contributed by atoms with E-state index in [0.717, 1.165) is 12.2 Å². The monoisotopic (exact) mass is 301 g/mol. The van der Waals surface area contributed by atoms with Crippen molar-refractivity contribution in [3.8, 4) is 0 Å². The Hall–Kier alpha value is 0.0639. The molecule has 1 aliphatic heterocycles. The summed E-state index contributed by atoms with van der Waals surface area (Å²) in [6.07, 6.45) is -0.686. The van der Waals surface area contributed by atoms with Gasteiger partial charge in [-0.1, -0.05) is 6.07 Å². The van der Waals surface area contributed by atoms with Crippen molar-refractivity contribution in [2.24, 2.45) is 0 Å². The minimum Gasteiger partial charge on any atom is -0.423 e. The summed E-state index contributed by atoms with van der Waals surface area (Å²) in [4.78, 5) is 0. The van der Waals surface area contributed by atoms with E-state index in [1.807, 2.05) is 6.07 Å². The zero-order chi connectivity index (χ0) is 10.2. The molecule has 1 saturated heterocycles. The smallest absolute Gasteiger partial charge is 0.367 e. The van der Waals surface area contributed by atoms with Crippen molar-refractivity contribution in [2.45, 2.75) is 6.10 Å². The van der Waals surface area contributed by atoms with Gasteiger partial charge in [0.25, 0.3) is 0 Å². The normalized spacial score (nSPS) is 23.3. The van der Waals surface area contributed by atoms with Gasteiger partial charge in [-0.25, -0.2) is 0 Å². The van der Waals surface area contributed by atoms with Gasteiger partial charge in [-0.2, -0.15) is 33.6 Å². The molecule has 0 N–H and O–H groups in total. The van der Waals surface area contributed by atoms with Gasteiger partial charge in [0.15, 0.2) is 0 Å². The molecule has 0 aliphatic carbocycles. The van der Waals surface area contributed by atoms with Crippen molar-refractivity contribution in [3.63, 3.8) is 0 Å². The van der Waals surface area contributed by atoms with E-state index in [1.165, 1.54) is 0 Å². The average Bonchev–Trinajstić information content (AvgIpc) is 2.47. The maximum absolute atomic E-state index is 10.8. The van der Waals surface area contributed by atoms with Crippen LogP contribution >= 0.6 is 0 Å². The minimum absolute atomic E-state index is 0. The van der Waals surface area contributed by atoms with Crippen molar-refractivity contribution in [2.75, 3.05) is 0 Å². The van der Waals surface area contributed by atoms with Crippen LogP contribution in [0, 0.1) is 13.5 Å². The summed E-state index contributed by atoms with van der Waals surface area (Å²) in [7, 11) is -3.84. The average molecular weight is 301 g/mol. The SMILES string of the molecule is [CH2-]c1ccccc1[C@@H]1[CH-]OS(=O)(=O)O1.[Y]. The van der Waals surface area contributed by atoms with Crippen molar-refractivity contribution in [1.29, 1.82) is 0 Å². The van der Waals surface area contributed by atoms with Crippen LogP contribution in [0.4, 0.5) is 0 Å². The molecule has 1 radical (unpaired) electrons. The van der Waals surface area contributed by atoms with Crippen molar-refractivity contribution < 1.29 is 49.5 Å². The van der Waals surface area contributed by atoms with Crippen LogP contribution in [-0.2, 0) is 51.5 Å². The predicted molar refractivity (Wildman–Crippen MR) is 49.0 cm³/mol. The van der Waals surface area contributed by atoms with Gasteiger partial charge in [-0.05, 0) is 6.10 Å². The molecule has 4 nitrogen and oxygen atoms in total. The maximum Gasteiger partial charge on any atom is 0.367 e. The molecule has 1 atom stereocenters. The van der Waals surface area contributed by atoms with Crippen molar-refractivity contribution >= 4 is 10.4 Å². The van der Waals surface area contributed by atoms with Crippen molar-refractivity contribution in [3.05, 3.63) is 48.9 Å². The molecule has 0 unspecified atom stereocenters. The second-order valence-electron chi connectivity index (χ2n) is 2.86. The molecule has 1 aliphatic rings. The molecular weight excluding hydrogens is 293 g/mol. The van der Waals surface area contributed by atoms with Gasteiger partial charge in [0.2, 0.25) is 0 Å². The zero-order valence-electron chi connectivity index (χ0n) is 7.79. The summed E-state index contributed by atoms with van der Waals surface area (Å²) in [6, 6.07) is 7.12. The summed E-state index contributed by atoms with van der Waals surface area (Å²) >= 11 is 0. The Bertz CT molecular complexity index is 443. The Kier molecular flexibility index (Phi) is 4.32. The van der Waals surface area contributed by atoms with Gasteiger partial charge in [0, 0.05) is 32.7 Å². The van der Waals surface area contributed by atoms with E-state index in [9.17, 15) is 8.42 Å². The predicted octanol–water partition coefficient (Wildman–Crippen LogP) is 1.36. The fourth-order valence-electron chi connectivity index (χ4n) is 1.23. The van der Waals surface area contributed by atoms with E-state index in [4.69, 9.17) is 0 Å². The number of rotatable bonds is 1. The zero-order valence-corrected chi connectivity index (χ0v) is 11.4. The first-order valence-corrected chi connectivity index (χ1v) is 5.27. The van der Waals surface area contributed by atoms with E-state index in [0.29, 0.717) is 5.56 Å². The Balaban J connectivity index is 0.00000112. The molecule has 15 heavy (non-hydrogen) atoms.